The largest absolute Gasteiger partial charge is 0.480 e. The third kappa shape index (κ3) is 5.50. The van der Waals surface area contributed by atoms with Crippen LogP contribution in [0.4, 0.5) is 0 Å². The fourth-order valence-corrected chi connectivity index (χ4v) is 3.09. The van der Waals surface area contributed by atoms with Gasteiger partial charge in [-0.15, -0.1) is 0 Å². The van der Waals surface area contributed by atoms with Gasteiger partial charge >= 0.3 is 5.97 Å². The highest BCUT2D eigenvalue weighted by Gasteiger charge is 2.17. The lowest BCUT2D eigenvalue weighted by molar-refractivity contribution is -0.140. The Balaban J connectivity index is 2.63. The van der Waals surface area contributed by atoms with Crippen LogP contribution in [0, 0.1) is 5.92 Å². The first-order valence-electron chi connectivity index (χ1n) is 5.79. The molecule has 0 unspecified atom stereocenters. The lowest BCUT2D eigenvalue weighted by Gasteiger charge is -2.16. The zero-order valence-electron chi connectivity index (χ0n) is 10.4. The lowest BCUT2D eigenvalue weighted by Crippen LogP contribution is -2.37. The highest BCUT2D eigenvalue weighted by atomic mass is 79.9. The summed E-state index contributed by atoms with van der Waals surface area (Å²) < 4.78 is 1.95. The van der Waals surface area contributed by atoms with Crippen LogP contribution >= 0.6 is 31.9 Å². The van der Waals surface area contributed by atoms with Gasteiger partial charge in [0.1, 0.15) is 6.04 Å². The first-order chi connectivity index (χ1) is 8.38. The molecule has 0 radical (unpaired) electrons. The van der Waals surface area contributed by atoms with E-state index in [2.05, 4.69) is 37.2 Å². The summed E-state index contributed by atoms with van der Waals surface area (Å²) in [6, 6.07) is 5.41. The molecule has 1 aromatic rings. The van der Waals surface area contributed by atoms with Crippen LogP contribution in [-0.4, -0.2) is 17.1 Å². The molecule has 0 fully saturated rings. The fraction of sp³-hybridized carbons (Fsp3) is 0.462. The highest BCUT2D eigenvalue weighted by molar-refractivity contribution is 9.11. The van der Waals surface area contributed by atoms with Gasteiger partial charge in [0.05, 0.1) is 0 Å². The van der Waals surface area contributed by atoms with Crippen molar-refractivity contribution in [3.8, 4) is 0 Å². The average molecular weight is 379 g/mol. The Morgan fingerprint density at radius 3 is 2.28 bits per heavy atom. The van der Waals surface area contributed by atoms with Gasteiger partial charge in [-0.1, -0.05) is 45.7 Å². The molecule has 0 aliphatic rings. The Morgan fingerprint density at radius 1 is 1.28 bits per heavy atom. The van der Waals surface area contributed by atoms with Crippen LogP contribution in [0.5, 0.6) is 0 Å². The number of carbonyl (C=O) groups is 1. The van der Waals surface area contributed by atoms with Crippen LogP contribution in [0.2, 0.25) is 0 Å². The topological polar surface area (TPSA) is 49.3 Å². The molecular formula is C13H17Br2NO2. The third-order valence-electron chi connectivity index (χ3n) is 2.48. The maximum absolute atomic E-state index is 11.1. The minimum absolute atomic E-state index is 0.354. The molecule has 0 aliphatic heterocycles. The first kappa shape index (κ1) is 15.7. The van der Waals surface area contributed by atoms with E-state index in [0.717, 1.165) is 14.5 Å². The van der Waals surface area contributed by atoms with Crippen LogP contribution in [0.15, 0.2) is 27.1 Å². The van der Waals surface area contributed by atoms with Crippen molar-refractivity contribution in [2.24, 2.45) is 5.92 Å². The van der Waals surface area contributed by atoms with Crippen LogP contribution in [-0.2, 0) is 11.3 Å². The maximum Gasteiger partial charge on any atom is 0.320 e. The van der Waals surface area contributed by atoms with E-state index in [1.807, 2.05) is 32.0 Å². The van der Waals surface area contributed by atoms with Crippen molar-refractivity contribution in [3.05, 3.63) is 32.7 Å². The van der Waals surface area contributed by atoms with Crippen LogP contribution in [0.25, 0.3) is 0 Å². The van der Waals surface area contributed by atoms with Crippen molar-refractivity contribution in [2.45, 2.75) is 32.9 Å². The average Bonchev–Trinajstić information content (AvgIpc) is 2.21. The summed E-state index contributed by atoms with van der Waals surface area (Å²) in [5.74, 6) is -0.439. The van der Waals surface area contributed by atoms with Crippen molar-refractivity contribution in [1.29, 1.82) is 0 Å². The van der Waals surface area contributed by atoms with Gasteiger partial charge in [-0.25, -0.2) is 0 Å². The molecule has 0 saturated heterocycles. The second-order valence-corrected chi connectivity index (χ2v) is 6.51. The van der Waals surface area contributed by atoms with E-state index in [-0.39, 0.29) is 0 Å². The van der Waals surface area contributed by atoms with Gasteiger partial charge in [0.15, 0.2) is 0 Å². The number of rotatable bonds is 6. The third-order valence-corrected chi connectivity index (χ3v) is 3.40. The van der Waals surface area contributed by atoms with Gasteiger partial charge in [-0.2, -0.15) is 0 Å². The second kappa shape index (κ2) is 7.26. The van der Waals surface area contributed by atoms with E-state index >= 15 is 0 Å². The molecule has 0 bridgehead atoms. The van der Waals surface area contributed by atoms with Crippen molar-refractivity contribution >= 4 is 37.8 Å². The molecule has 5 heteroatoms. The quantitative estimate of drug-likeness (QED) is 0.791. The van der Waals surface area contributed by atoms with Crippen molar-refractivity contribution < 1.29 is 9.90 Å². The number of aliphatic carboxylic acids is 1. The number of hydrogen-bond donors (Lipinski definition) is 2. The number of carboxylic acid groups (broad SMARTS) is 1. The molecule has 0 aliphatic carbocycles. The summed E-state index contributed by atoms with van der Waals surface area (Å²) in [4.78, 5) is 11.1. The van der Waals surface area contributed by atoms with Crippen molar-refractivity contribution in [1.82, 2.24) is 5.32 Å². The summed E-state index contributed by atoms with van der Waals surface area (Å²) in [6.45, 7) is 4.59. The Bertz CT molecular complexity index is 401. The molecule has 1 rings (SSSR count). The van der Waals surface area contributed by atoms with E-state index in [1.54, 1.807) is 0 Å². The minimum Gasteiger partial charge on any atom is -0.480 e. The summed E-state index contributed by atoms with van der Waals surface area (Å²) in [5, 5.41) is 12.2. The molecule has 1 atom stereocenters. The molecule has 0 heterocycles. The Kier molecular flexibility index (Phi) is 6.32. The number of carboxylic acids is 1. The Morgan fingerprint density at radius 2 is 1.83 bits per heavy atom. The predicted octanol–water partition coefficient (Wildman–Crippen LogP) is 3.80. The molecule has 18 heavy (non-hydrogen) atoms. The first-order valence-corrected chi connectivity index (χ1v) is 7.38. The SMILES string of the molecule is CC(C)C[C@H](NCc1cc(Br)cc(Br)c1)C(=O)O. The smallest absolute Gasteiger partial charge is 0.320 e. The van der Waals surface area contributed by atoms with Crippen molar-refractivity contribution in [2.75, 3.05) is 0 Å². The minimum atomic E-state index is -0.794. The van der Waals surface area contributed by atoms with E-state index in [1.165, 1.54) is 0 Å². The lowest BCUT2D eigenvalue weighted by atomic mass is 10.0. The highest BCUT2D eigenvalue weighted by Crippen LogP contribution is 2.20. The normalized spacial score (nSPS) is 12.7. The summed E-state index contributed by atoms with van der Waals surface area (Å²) in [6.07, 6.45) is 0.629. The predicted molar refractivity (Wildman–Crippen MR) is 79.6 cm³/mol. The van der Waals surface area contributed by atoms with E-state index in [9.17, 15) is 4.79 Å². The summed E-state index contributed by atoms with van der Waals surface area (Å²) in [5.41, 5.74) is 1.05. The summed E-state index contributed by atoms with van der Waals surface area (Å²) >= 11 is 6.83. The standard InChI is InChI=1S/C13H17Br2NO2/c1-8(2)3-12(13(17)18)16-7-9-4-10(14)6-11(15)5-9/h4-6,8,12,16H,3,7H2,1-2H3,(H,17,18)/t12-/m0/s1. The van der Waals surface area contributed by atoms with E-state index < -0.39 is 12.0 Å². The van der Waals surface area contributed by atoms with Crippen LogP contribution < -0.4 is 5.32 Å². The molecule has 0 amide bonds. The fourth-order valence-electron chi connectivity index (χ4n) is 1.70. The second-order valence-electron chi connectivity index (χ2n) is 4.68. The van der Waals surface area contributed by atoms with Crippen molar-refractivity contribution in [3.63, 3.8) is 0 Å². The van der Waals surface area contributed by atoms with E-state index in [4.69, 9.17) is 5.11 Å². The monoisotopic (exact) mass is 377 g/mol. The number of benzene rings is 1. The molecule has 0 aromatic heterocycles. The Labute approximate surface area is 124 Å². The van der Waals surface area contributed by atoms with Gasteiger partial charge in [-0.05, 0) is 36.1 Å². The molecular weight excluding hydrogens is 362 g/mol. The van der Waals surface area contributed by atoms with E-state index in [0.29, 0.717) is 18.9 Å². The van der Waals surface area contributed by atoms with Crippen LogP contribution in [0.1, 0.15) is 25.8 Å². The molecule has 1 aromatic carbocycles. The van der Waals surface area contributed by atoms with Gasteiger partial charge in [0.2, 0.25) is 0 Å². The Hall–Kier alpha value is -0.390. The van der Waals surface area contributed by atoms with Gasteiger partial charge < -0.3 is 10.4 Å². The maximum atomic E-state index is 11.1. The zero-order chi connectivity index (χ0) is 13.7. The zero-order valence-corrected chi connectivity index (χ0v) is 13.6. The van der Waals surface area contributed by atoms with Gasteiger partial charge in [0, 0.05) is 15.5 Å². The number of halogens is 2. The van der Waals surface area contributed by atoms with Crippen LogP contribution in [0.3, 0.4) is 0 Å². The molecule has 100 valence electrons. The number of nitrogens with one attached hydrogen (secondary N) is 1. The molecule has 0 spiro atoms. The van der Waals surface area contributed by atoms with Gasteiger partial charge in [-0.3, -0.25) is 4.79 Å². The molecule has 3 nitrogen and oxygen atoms in total. The summed E-state index contributed by atoms with van der Waals surface area (Å²) in [7, 11) is 0. The number of hydrogen-bond acceptors (Lipinski definition) is 2. The molecule has 0 saturated carbocycles. The van der Waals surface area contributed by atoms with Gasteiger partial charge in [0.25, 0.3) is 0 Å². The molecule has 2 N–H and O–H groups in total.